The van der Waals surface area contributed by atoms with Crippen molar-refractivity contribution in [3.8, 4) is 0 Å². The lowest BCUT2D eigenvalue weighted by atomic mass is 9.85. The van der Waals surface area contributed by atoms with Gasteiger partial charge in [0.1, 0.15) is 0 Å². The van der Waals surface area contributed by atoms with Gasteiger partial charge in [-0.25, -0.2) is 9.59 Å². The molecule has 0 fully saturated rings. The van der Waals surface area contributed by atoms with Gasteiger partial charge in [0.15, 0.2) is 0 Å². The van der Waals surface area contributed by atoms with E-state index in [4.69, 9.17) is 26.8 Å². The second-order valence-corrected chi connectivity index (χ2v) is 2.91. The molecule has 0 saturated heterocycles. The third-order valence-corrected chi connectivity index (χ3v) is 1.80. The van der Waals surface area contributed by atoms with Gasteiger partial charge in [0, 0.05) is 0 Å². The molecule has 0 radical (unpaired) electrons. The summed E-state index contributed by atoms with van der Waals surface area (Å²) in [5.41, 5.74) is 3.36. The third kappa shape index (κ3) is 2.21. The molecule has 0 aliphatic rings. The van der Waals surface area contributed by atoms with Crippen molar-refractivity contribution in [1.82, 2.24) is 0 Å². The Morgan fingerprint density at radius 2 is 1.40 bits per heavy atom. The first-order chi connectivity index (χ1) is 6.55. The zero-order chi connectivity index (χ0) is 12.4. The minimum Gasteiger partial charge on any atom is -0.481 e. The number of hydrogen-bond acceptors (Lipinski definition) is 6. The smallest absolute Gasteiger partial charge is 0.342 e. The summed E-state index contributed by atoms with van der Waals surface area (Å²) in [4.78, 5) is 31.3. The quantitative estimate of drug-likeness (QED) is 0.263. The lowest BCUT2D eigenvalue weighted by molar-refractivity contribution is -0.181. The summed E-state index contributed by atoms with van der Waals surface area (Å²) in [6, 6.07) is 0. The SMILES string of the molecule is NC(N)(C(=O)O)C(O)(CC(=O)O)C(=O)O. The van der Waals surface area contributed by atoms with Crippen LogP contribution in [0, 0.1) is 0 Å². The van der Waals surface area contributed by atoms with E-state index in [-0.39, 0.29) is 0 Å². The largest absolute Gasteiger partial charge is 0.481 e. The Morgan fingerprint density at radius 3 is 1.60 bits per heavy atom. The average Bonchev–Trinajstić information content (AvgIpc) is 2.01. The molecule has 0 aromatic rings. The van der Waals surface area contributed by atoms with Crippen LogP contribution in [0.3, 0.4) is 0 Å². The molecule has 15 heavy (non-hydrogen) atoms. The lowest BCUT2D eigenvalue weighted by Gasteiger charge is -2.33. The fourth-order valence-electron chi connectivity index (χ4n) is 0.795. The molecular weight excluding hydrogens is 212 g/mol. The van der Waals surface area contributed by atoms with Crippen molar-refractivity contribution < 1.29 is 34.8 Å². The van der Waals surface area contributed by atoms with Gasteiger partial charge in [0.2, 0.25) is 11.3 Å². The van der Waals surface area contributed by atoms with E-state index in [0.717, 1.165) is 0 Å². The summed E-state index contributed by atoms with van der Waals surface area (Å²) in [5.74, 6) is -5.91. The third-order valence-electron chi connectivity index (χ3n) is 1.80. The Bertz CT molecular complexity index is 313. The Balaban J connectivity index is 5.38. The molecule has 9 nitrogen and oxygen atoms in total. The van der Waals surface area contributed by atoms with Crippen molar-refractivity contribution in [2.24, 2.45) is 11.5 Å². The van der Waals surface area contributed by atoms with Crippen LogP contribution >= 0.6 is 0 Å². The number of carboxylic acids is 3. The highest BCUT2D eigenvalue weighted by atomic mass is 16.4. The molecule has 0 saturated carbocycles. The molecule has 1 unspecified atom stereocenters. The fourth-order valence-corrected chi connectivity index (χ4v) is 0.795. The molecule has 0 aliphatic heterocycles. The molecule has 0 rings (SSSR count). The molecular formula is C6H10N2O7. The maximum atomic E-state index is 10.6. The number of carboxylic acid groups (broad SMARTS) is 3. The normalized spacial score (nSPS) is 15.4. The predicted molar refractivity (Wildman–Crippen MR) is 43.6 cm³/mol. The highest BCUT2D eigenvalue weighted by molar-refractivity contribution is 5.94. The van der Waals surface area contributed by atoms with Crippen molar-refractivity contribution in [3.05, 3.63) is 0 Å². The van der Waals surface area contributed by atoms with Crippen LogP contribution in [0.5, 0.6) is 0 Å². The minimum atomic E-state index is -3.29. The van der Waals surface area contributed by atoms with E-state index < -0.39 is 35.6 Å². The van der Waals surface area contributed by atoms with Crippen LogP contribution in [-0.2, 0) is 14.4 Å². The van der Waals surface area contributed by atoms with Crippen molar-refractivity contribution in [2.45, 2.75) is 17.7 Å². The first-order valence-corrected chi connectivity index (χ1v) is 3.54. The lowest BCUT2D eigenvalue weighted by Crippen LogP contribution is -2.75. The number of hydrogen-bond donors (Lipinski definition) is 6. The second-order valence-electron chi connectivity index (χ2n) is 2.91. The maximum absolute atomic E-state index is 10.6. The Hall–Kier alpha value is -1.71. The van der Waals surface area contributed by atoms with Crippen molar-refractivity contribution >= 4 is 17.9 Å². The average molecular weight is 222 g/mol. The predicted octanol–water partition coefficient (Wildman–Crippen LogP) is -3.02. The van der Waals surface area contributed by atoms with Crippen molar-refractivity contribution in [1.29, 1.82) is 0 Å². The van der Waals surface area contributed by atoms with E-state index >= 15 is 0 Å². The van der Waals surface area contributed by atoms with Crippen LogP contribution in [0.1, 0.15) is 6.42 Å². The Kier molecular flexibility index (Phi) is 3.37. The summed E-state index contributed by atoms with van der Waals surface area (Å²) in [5, 5.41) is 34.7. The summed E-state index contributed by atoms with van der Waals surface area (Å²) in [6.07, 6.45) is -1.43. The van der Waals surface area contributed by atoms with Crippen molar-refractivity contribution in [2.75, 3.05) is 0 Å². The van der Waals surface area contributed by atoms with Crippen LogP contribution in [0.15, 0.2) is 0 Å². The molecule has 0 aromatic carbocycles. The molecule has 0 bridgehead atoms. The number of aliphatic hydroxyl groups is 1. The summed E-state index contributed by atoms with van der Waals surface area (Å²) >= 11 is 0. The number of aliphatic carboxylic acids is 3. The van der Waals surface area contributed by atoms with Gasteiger partial charge in [-0.2, -0.15) is 0 Å². The molecule has 0 heterocycles. The first-order valence-electron chi connectivity index (χ1n) is 3.54. The molecule has 9 heteroatoms. The number of carbonyl (C=O) groups is 3. The van der Waals surface area contributed by atoms with Gasteiger partial charge in [-0.15, -0.1) is 0 Å². The van der Waals surface area contributed by atoms with Crippen LogP contribution in [0.2, 0.25) is 0 Å². The van der Waals surface area contributed by atoms with Crippen LogP contribution in [-0.4, -0.2) is 49.6 Å². The van der Waals surface area contributed by atoms with Crippen LogP contribution < -0.4 is 11.5 Å². The molecule has 0 amide bonds. The van der Waals surface area contributed by atoms with Gasteiger partial charge in [0.05, 0.1) is 6.42 Å². The summed E-state index contributed by atoms with van der Waals surface area (Å²) in [6.45, 7) is 0. The molecule has 0 spiro atoms. The Morgan fingerprint density at radius 1 is 1.00 bits per heavy atom. The van der Waals surface area contributed by atoms with Crippen molar-refractivity contribution in [3.63, 3.8) is 0 Å². The summed E-state index contributed by atoms with van der Waals surface area (Å²) in [7, 11) is 0. The zero-order valence-electron chi connectivity index (χ0n) is 7.38. The molecule has 8 N–H and O–H groups in total. The topological polar surface area (TPSA) is 184 Å². The van der Waals surface area contributed by atoms with Gasteiger partial charge in [-0.1, -0.05) is 0 Å². The van der Waals surface area contributed by atoms with Gasteiger partial charge in [-0.05, 0) is 0 Å². The molecule has 0 aromatic heterocycles. The molecule has 86 valence electrons. The van der Waals surface area contributed by atoms with Gasteiger partial charge < -0.3 is 31.9 Å². The Labute approximate surface area is 82.9 Å². The zero-order valence-corrected chi connectivity index (χ0v) is 7.38. The molecule has 1 atom stereocenters. The fraction of sp³-hybridized carbons (Fsp3) is 0.500. The first kappa shape index (κ1) is 13.3. The van der Waals surface area contributed by atoms with Crippen LogP contribution in [0.4, 0.5) is 0 Å². The van der Waals surface area contributed by atoms with E-state index in [9.17, 15) is 19.5 Å². The minimum absolute atomic E-state index is 1.43. The van der Waals surface area contributed by atoms with Gasteiger partial charge in [-0.3, -0.25) is 4.79 Å². The monoisotopic (exact) mass is 222 g/mol. The number of nitrogens with two attached hydrogens (primary N) is 2. The summed E-state index contributed by atoms with van der Waals surface area (Å²) < 4.78 is 0. The van der Waals surface area contributed by atoms with Crippen LogP contribution in [0.25, 0.3) is 0 Å². The van der Waals surface area contributed by atoms with Gasteiger partial charge in [0.25, 0.3) is 0 Å². The number of rotatable bonds is 5. The van der Waals surface area contributed by atoms with E-state index in [1.807, 2.05) is 0 Å². The second kappa shape index (κ2) is 3.81. The van der Waals surface area contributed by atoms with E-state index in [1.54, 1.807) is 0 Å². The van der Waals surface area contributed by atoms with E-state index in [0.29, 0.717) is 0 Å². The van der Waals surface area contributed by atoms with E-state index in [1.165, 1.54) is 0 Å². The molecule has 0 aliphatic carbocycles. The standard InChI is InChI=1S/C6H10N2O7/c7-6(8,4(13)14)5(15,3(11)12)1-2(9)10/h15H,1,7-8H2,(H,9,10)(H,11,12)(H,13,14). The van der Waals surface area contributed by atoms with Gasteiger partial charge >= 0.3 is 17.9 Å². The highest BCUT2D eigenvalue weighted by Crippen LogP contribution is 2.20. The highest BCUT2D eigenvalue weighted by Gasteiger charge is 2.58. The maximum Gasteiger partial charge on any atom is 0.342 e. The van der Waals surface area contributed by atoms with E-state index in [2.05, 4.69) is 0 Å².